The summed E-state index contributed by atoms with van der Waals surface area (Å²) in [6.45, 7) is 0.232. The van der Waals surface area contributed by atoms with Crippen LogP contribution < -0.4 is 10.8 Å². The van der Waals surface area contributed by atoms with Crippen LogP contribution in [-0.4, -0.2) is 38.1 Å². The zero-order valence-corrected chi connectivity index (χ0v) is 11.7. The maximum atomic E-state index is 13.0. The van der Waals surface area contributed by atoms with E-state index in [0.29, 0.717) is 17.7 Å². The molecule has 0 spiro atoms. The molecule has 1 fully saturated rings. The summed E-state index contributed by atoms with van der Waals surface area (Å²) < 4.78 is 39.0. The molecule has 0 aromatic heterocycles. The Balaban J connectivity index is 2.37. The predicted molar refractivity (Wildman–Crippen MR) is 76.8 cm³/mol. The normalized spacial score (nSPS) is 16.6. The maximum Gasteiger partial charge on any atom is 0.509 e. The number of hydrogen-bond donors (Lipinski definition) is 1. The number of rotatable bonds is 4. The number of piperazine rings is 1. The second kappa shape index (κ2) is 6.38. The van der Waals surface area contributed by atoms with Gasteiger partial charge in [0, 0.05) is 43.3 Å². The fourth-order valence-electron chi connectivity index (χ4n) is 2.40. The molecule has 1 aromatic carbocycles. The van der Waals surface area contributed by atoms with Crippen LogP contribution in [0.5, 0.6) is 0 Å². The first-order valence-corrected chi connectivity index (χ1v) is 6.73. The number of halogens is 3. The molecule has 1 N–H and O–H groups in total. The average Bonchev–Trinajstić information content (AvgIpc) is 2.43. The lowest BCUT2D eigenvalue weighted by molar-refractivity contribution is 0.233. The van der Waals surface area contributed by atoms with Crippen LogP contribution in [0, 0.1) is 6.92 Å². The first-order valence-electron chi connectivity index (χ1n) is 6.73. The van der Waals surface area contributed by atoms with Crippen LogP contribution in [0.15, 0.2) is 17.2 Å². The third-order valence-corrected chi connectivity index (χ3v) is 3.64. The van der Waals surface area contributed by atoms with E-state index < -0.39 is 12.4 Å². The monoisotopic (exact) mass is 298 g/mol. The maximum absolute atomic E-state index is 13.0. The van der Waals surface area contributed by atoms with Gasteiger partial charge in [-0.15, -0.1) is 5.46 Å². The average molecular weight is 298 g/mol. The zero-order chi connectivity index (χ0) is 15.5. The summed E-state index contributed by atoms with van der Waals surface area (Å²) in [6, 6.07) is 2.10. The van der Waals surface area contributed by atoms with E-state index in [1.54, 1.807) is 6.92 Å². The van der Waals surface area contributed by atoms with Crippen LogP contribution in [0.25, 0.3) is 10.4 Å². The molecule has 0 atom stereocenters. The van der Waals surface area contributed by atoms with Crippen molar-refractivity contribution in [1.29, 1.82) is 0 Å². The Morgan fingerprint density at radius 2 is 2.00 bits per heavy atom. The van der Waals surface area contributed by atoms with Crippen molar-refractivity contribution >= 4 is 18.1 Å². The molecule has 21 heavy (non-hydrogen) atoms. The van der Waals surface area contributed by atoms with E-state index in [2.05, 4.69) is 20.2 Å². The molecule has 9 heteroatoms. The molecule has 1 aliphatic heterocycles. The number of hydrogen-bond acceptors (Lipinski definition) is 3. The van der Waals surface area contributed by atoms with E-state index in [9.17, 15) is 12.9 Å². The van der Waals surface area contributed by atoms with Crippen LogP contribution in [0.4, 0.5) is 18.6 Å². The highest BCUT2D eigenvalue weighted by Crippen LogP contribution is 2.25. The third kappa shape index (κ3) is 3.90. The van der Waals surface area contributed by atoms with Gasteiger partial charge in [-0.3, -0.25) is 4.90 Å². The Hall–Kier alpha value is -1.70. The molecule has 5 nitrogen and oxygen atoms in total. The minimum Gasteiger partial charge on any atom is -0.445 e. The summed E-state index contributed by atoms with van der Waals surface area (Å²) in [5.41, 5.74) is 9.03. The molecule has 2 rings (SSSR count). The van der Waals surface area contributed by atoms with Gasteiger partial charge in [0.25, 0.3) is 0 Å². The van der Waals surface area contributed by atoms with Crippen molar-refractivity contribution < 1.29 is 12.9 Å². The molecular weight excluding hydrogens is 282 g/mol. The third-order valence-electron chi connectivity index (χ3n) is 3.64. The van der Waals surface area contributed by atoms with E-state index in [4.69, 9.17) is 5.53 Å². The summed E-state index contributed by atoms with van der Waals surface area (Å²) in [4.78, 5) is 4.71. The highest BCUT2D eigenvalue weighted by Gasteiger charge is 2.27. The van der Waals surface area contributed by atoms with Gasteiger partial charge < -0.3 is 18.3 Å². The summed E-state index contributed by atoms with van der Waals surface area (Å²) >= 11 is 0. The summed E-state index contributed by atoms with van der Waals surface area (Å²) in [5, 5.41) is 6.59. The molecule has 1 saturated heterocycles. The summed E-state index contributed by atoms with van der Waals surface area (Å²) in [7, 11) is 0. The van der Waals surface area contributed by atoms with Crippen molar-refractivity contribution in [2.24, 2.45) is 5.11 Å². The zero-order valence-electron chi connectivity index (χ0n) is 11.7. The Bertz CT molecular complexity index is 563. The number of azide groups is 1. The fourth-order valence-corrected chi connectivity index (χ4v) is 2.40. The van der Waals surface area contributed by atoms with E-state index in [0.717, 1.165) is 32.2 Å². The van der Waals surface area contributed by atoms with Gasteiger partial charge in [-0.2, -0.15) is 0 Å². The number of nitrogens with one attached hydrogen (secondary N) is 1. The molecule has 0 unspecified atom stereocenters. The molecule has 0 saturated carbocycles. The van der Waals surface area contributed by atoms with Gasteiger partial charge in [-0.25, -0.2) is 0 Å². The van der Waals surface area contributed by atoms with Gasteiger partial charge in [0.15, 0.2) is 0 Å². The Morgan fingerprint density at radius 3 is 2.57 bits per heavy atom. The first kappa shape index (κ1) is 15.7. The molecule has 114 valence electrons. The molecule has 0 amide bonds. The molecular formula is C12H16BF3N5-. The first-order chi connectivity index (χ1) is 9.91. The van der Waals surface area contributed by atoms with E-state index in [1.165, 1.54) is 6.07 Å². The molecule has 1 heterocycles. The van der Waals surface area contributed by atoms with Gasteiger partial charge in [0.2, 0.25) is 0 Å². The Labute approximate surface area is 120 Å². The van der Waals surface area contributed by atoms with Gasteiger partial charge in [0.05, 0.1) is 0 Å². The van der Waals surface area contributed by atoms with Crippen molar-refractivity contribution in [3.8, 4) is 0 Å². The predicted octanol–water partition coefficient (Wildman–Crippen LogP) is 2.40. The van der Waals surface area contributed by atoms with Gasteiger partial charge >= 0.3 is 6.98 Å². The molecule has 0 radical (unpaired) electrons. The van der Waals surface area contributed by atoms with Crippen molar-refractivity contribution in [3.05, 3.63) is 33.7 Å². The van der Waals surface area contributed by atoms with Crippen LogP contribution in [-0.2, 0) is 6.54 Å². The van der Waals surface area contributed by atoms with Crippen molar-refractivity contribution in [2.75, 3.05) is 26.2 Å². The van der Waals surface area contributed by atoms with Crippen LogP contribution in [0.2, 0.25) is 0 Å². The Morgan fingerprint density at radius 1 is 1.33 bits per heavy atom. The van der Waals surface area contributed by atoms with Gasteiger partial charge in [0.1, 0.15) is 0 Å². The second-order valence-corrected chi connectivity index (χ2v) is 5.11. The molecule has 1 aromatic rings. The largest absolute Gasteiger partial charge is 0.509 e. The minimum atomic E-state index is -5.12. The minimum absolute atomic E-state index is 0.0549. The number of nitrogens with zero attached hydrogens (tertiary/aromatic N) is 4. The second-order valence-electron chi connectivity index (χ2n) is 5.11. The van der Waals surface area contributed by atoms with Crippen LogP contribution >= 0.6 is 0 Å². The highest BCUT2D eigenvalue weighted by molar-refractivity contribution is 6.73. The molecule has 0 bridgehead atoms. The lowest BCUT2D eigenvalue weighted by Gasteiger charge is -2.29. The summed E-state index contributed by atoms with van der Waals surface area (Å²) in [5.74, 6) is 0. The highest BCUT2D eigenvalue weighted by atomic mass is 19.4. The van der Waals surface area contributed by atoms with Gasteiger partial charge in [-0.05, 0) is 23.6 Å². The summed E-state index contributed by atoms with van der Waals surface area (Å²) in [6.07, 6.45) is 0. The fraction of sp³-hybridized carbons (Fsp3) is 0.500. The van der Waals surface area contributed by atoms with Gasteiger partial charge in [-0.1, -0.05) is 17.2 Å². The van der Waals surface area contributed by atoms with Crippen molar-refractivity contribution in [3.63, 3.8) is 0 Å². The standard InChI is InChI=1S/C12H16BF3N5/c1-9-10(8-21-4-2-18-3-5-21)6-11(13(14,15)16)7-12(9)19-20-17/h6-7,18H,2-5,8H2,1H3/q-1. The van der Waals surface area contributed by atoms with Crippen LogP contribution in [0.3, 0.4) is 0 Å². The van der Waals surface area contributed by atoms with E-state index in [1.807, 2.05) is 0 Å². The van der Waals surface area contributed by atoms with Crippen molar-refractivity contribution in [1.82, 2.24) is 10.2 Å². The SMILES string of the molecule is Cc1c(CN2CCNCC2)cc([B-](F)(F)F)cc1N=[N+]=[N-]. The van der Waals surface area contributed by atoms with E-state index >= 15 is 0 Å². The number of benzene rings is 1. The Kier molecular flexibility index (Phi) is 4.77. The van der Waals surface area contributed by atoms with Crippen molar-refractivity contribution in [2.45, 2.75) is 13.5 Å². The topological polar surface area (TPSA) is 64.0 Å². The molecule has 1 aliphatic rings. The lowest BCUT2D eigenvalue weighted by atomic mass is 9.78. The lowest BCUT2D eigenvalue weighted by Crippen LogP contribution is -2.43. The van der Waals surface area contributed by atoms with Crippen LogP contribution in [0.1, 0.15) is 11.1 Å². The smallest absolute Gasteiger partial charge is 0.445 e. The van der Waals surface area contributed by atoms with E-state index in [-0.39, 0.29) is 5.69 Å². The quantitative estimate of drug-likeness (QED) is 0.401. The molecule has 0 aliphatic carbocycles.